The normalized spacial score (nSPS) is 28.1. The molecule has 2 rings (SSSR count). The van der Waals surface area contributed by atoms with Crippen molar-refractivity contribution in [2.75, 3.05) is 25.9 Å². The largest absolute Gasteiger partial charge is 0.389 e. The van der Waals surface area contributed by atoms with Gasteiger partial charge in [0.05, 0.1) is 11.4 Å². The first-order chi connectivity index (χ1) is 8.41. The van der Waals surface area contributed by atoms with E-state index in [-0.39, 0.29) is 18.3 Å². The molecule has 1 atom stereocenters. The first kappa shape index (κ1) is 14.2. The summed E-state index contributed by atoms with van der Waals surface area (Å²) in [5.41, 5.74) is -0.801. The average Bonchev–Trinajstić information content (AvgIpc) is 2.89. The van der Waals surface area contributed by atoms with Gasteiger partial charge in [0.2, 0.25) is 10.0 Å². The van der Waals surface area contributed by atoms with E-state index in [1.54, 1.807) is 7.05 Å². The van der Waals surface area contributed by atoms with Gasteiger partial charge < -0.3 is 10.4 Å². The maximum absolute atomic E-state index is 12.2. The molecule has 18 heavy (non-hydrogen) atoms. The monoisotopic (exact) mass is 276 g/mol. The van der Waals surface area contributed by atoms with Gasteiger partial charge in [-0.15, -0.1) is 0 Å². The van der Waals surface area contributed by atoms with E-state index in [9.17, 15) is 13.5 Å². The summed E-state index contributed by atoms with van der Waals surface area (Å²) >= 11 is 0. The van der Waals surface area contributed by atoms with Crippen molar-refractivity contribution in [3.8, 4) is 0 Å². The van der Waals surface area contributed by atoms with Crippen LogP contribution < -0.4 is 5.32 Å². The Morgan fingerprint density at radius 2 is 2.00 bits per heavy atom. The van der Waals surface area contributed by atoms with Crippen LogP contribution in [-0.2, 0) is 10.0 Å². The van der Waals surface area contributed by atoms with Gasteiger partial charge in [-0.2, -0.15) is 0 Å². The lowest BCUT2D eigenvalue weighted by atomic mass is 10.0. The molecule has 1 unspecified atom stereocenters. The predicted octanol–water partition coefficient (Wildman–Crippen LogP) is 0.305. The molecule has 0 radical (unpaired) electrons. The fourth-order valence-corrected chi connectivity index (χ4v) is 4.47. The molecule has 2 fully saturated rings. The lowest BCUT2D eigenvalue weighted by molar-refractivity contribution is 0.0333. The van der Waals surface area contributed by atoms with Gasteiger partial charge in [-0.3, -0.25) is 0 Å². The van der Waals surface area contributed by atoms with E-state index in [1.807, 2.05) is 0 Å². The van der Waals surface area contributed by atoms with Gasteiger partial charge in [-0.05, 0) is 32.2 Å². The molecule has 0 spiro atoms. The summed E-state index contributed by atoms with van der Waals surface area (Å²) in [6.45, 7) is 1.15. The molecule has 1 saturated carbocycles. The van der Waals surface area contributed by atoms with E-state index in [2.05, 4.69) is 5.32 Å². The Morgan fingerprint density at radius 1 is 1.33 bits per heavy atom. The minimum absolute atomic E-state index is 0.0793. The Balaban J connectivity index is 1.91. The molecule has 1 saturated heterocycles. The van der Waals surface area contributed by atoms with Gasteiger partial charge in [0.1, 0.15) is 0 Å². The molecule has 5 nitrogen and oxygen atoms in total. The predicted molar refractivity (Wildman–Crippen MR) is 70.9 cm³/mol. The quantitative estimate of drug-likeness (QED) is 0.758. The van der Waals surface area contributed by atoms with E-state index < -0.39 is 15.6 Å². The Labute approximate surface area is 110 Å². The van der Waals surface area contributed by atoms with Crippen LogP contribution in [0.5, 0.6) is 0 Å². The second-order valence-electron chi connectivity index (χ2n) is 5.76. The van der Waals surface area contributed by atoms with Crippen LogP contribution in [0.1, 0.15) is 38.5 Å². The molecule has 1 aliphatic carbocycles. The highest BCUT2D eigenvalue weighted by Crippen LogP contribution is 2.30. The van der Waals surface area contributed by atoms with Crippen LogP contribution in [0.2, 0.25) is 0 Å². The van der Waals surface area contributed by atoms with Crippen LogP contribution in [0.3, 0.4) is 0 Å². The van der Waals surface area contributed by atoms with Gasteiger partial charge in [0.15, 0.2) is 0 Å². The third-order valence-corrected chi connectivity index (χ3v) is 6.00. The molecule has 1 heterocycles. The number of rotatable bonds is 5. The summed E-state index contributed by atoms with van der Waals surface area (Å²) in [7, 11) is -1.67. The molecular weight excluding hydrogens is 252 g/mol. The van der Waals surface area contributed by atoms with E-state index in [4.69, 9.17) is 0 Å². The lowest BCUT2D eigenvalue weighted by Crippen LogP contribution is -2.45. The Kier molecular flexibility index (Phi) is 4.31. The second kappa shape index (κ2) is 5.45. The van der Waals surface area contributed by atoms with Gasteiger partial charge >= 0.3 is 0 Å². The Hall–Kier alpha value is -0.170. The Bertz CT molecular complexity index is 371. The number of nitrogens with one attached hydrogen (secondary N) is 1. The Morgan fingerprint density at radius 3 is 2.56 bits per heavy atom. The van der Waals surface area contributed by atoms with Crippen molar-refractivity contribution in [1.82, 2.24) is 9.62 Å². The maximum Gasteiger partial charge on any atom is 0.215 e. The molecule has 106 valence electrons. The van der Waals surface area contributed by atoms with Crippen molar-refractivity contribution < 1.29 is 13.5 Å². The van der Waals surface area contributed by atoms with Crippen LogP contribution in [-0.4, -0.2) is 55.4 Å². The van der Waals surface area contributed by atoms with Crippen LogP contribution in [0.15, 0.2) is 0 Å². The van der Waals surface area contributed by atoms with Gasteiger partial charge in [-0.1, -0.05) is 12.8 Å². The van der Waals surface area contributed by atoms with Crippen molar-refractivity contribution in [3.63, 3.8) is 0 Å². The molecule has 2 N–H and O–H groups in total. The van der Waals surface area contributed by atoms with Gasteiger partial charge in [0, 0.05) is 19.6 Å². The van der Waals surface area contributed by atoms with Crippen LogP contribution in [0.25, 0.3) is 0 Å². The summed E-state index contributed by atoms with van der Waals surface area (Å²) in [6, 6.07) is 0.0793. The van der Waals surface area contributed by atoms with Crippen molar-refractivity contribution >= 4 is 10.0 Å². The highest BCUT2D eigenvalue weighted by molar-refractivity contribution is 7.89. The zero-order chi connectivity index (χ0) is 13.2. The smallest absolute Gasteiger partial charge is 0.215 e. The first-order valence-corrected chi connectivity index (χ1v) is 8.42. The van der Waals surface area contributed by atoms with Gasteiger partial charge in [-0.25, -0.2) is 12.7 Å². The van der Waals surface area contributed by atoms with Crippen LogP contribution in [0.4, 0.5) is 0 Å². The average molecular weight is 276 g/mol. The highest BCUT2D eigenvalue weighted by Gasteiger charge is 2.36. The molecule has 0 aromatic rings. The van der Waals surface area contributed by atoms with E-state index in [1.165, 1.54) is 4.31 Å². The number of hydrogen-bond donors (Lipinski definition) is 2. The fourth-order valence-electron chi connectivity index (χ4n) is 2.98. The molecule has 0 aromatic carbocycles. The number of sulfonamides is 1. The summed E-state index contributed by atoms with van der Waals surface area (Å²) in [4.78, 5) is 0. The third-order valence-electron chi connectivity index (χ3n) is 4.10. The second-order valence-corrected chi connectivity index (χ2v) is 7.88. The summed E-state index contributed by atoms with van der Waals surface area (Å²) in [6.07, 6.45) is 5.40. The lowest BCUT2D eigenvalue weighted by Gasteiger charge is -2.28. The van der Waals surface area contributed by atoms with Crippen molar-refractivity contribution in [3.05, 3.63) is 0 Å². The minimum atomic E-state index is -3.26. The summed E-state index contributed by atoms with van der Waals surface area (Å²) in [5.74, 6) is 0.152. The number of aliphatic hydroxyl groups is 1. The van der Waals surface area contributed by atoms with Crippen LogP contribution in [0, 0.1) is 0 Å². The third kappa shape index (κ3) is 3.44. The SMILES string of the molecule is CN(CC1(O)CCCC1)S(=O)(=O)CC1CCCN1. The minimum Gasteiger partial charge on any atom is -0.389 e. The topological polar surface area (TPSA) is 69.6 Å². The number of nitrogens with zero attached hydrogens (tertiary/aromatic N) is 1. The van der Waals surface area contributed by atoms with Crippen LogP contribution >= 0.6 is 0 Å². The van der Waals surface area contributed by atoms with E-state index >= 15 is 0 Å². The molecule has 0 aromatic heterocycles. The molecule has 2 aliphatic rings. The van der Waals surface area contributed by atoms with E-state index in [0.29, 0.717) is 12.8 Å². The molecule has 0 amide bonds. The number of hydrogen-bond acceptors (Lipinski definition) is 4. The number of likely N-dealkylation sites (N-methyl/N-ethyl adjacent to an activating group) is 1. The van der Waals surface area contributed by atoms with Gasteiger partial charge in [0.25, 0.3) is 0 Å². The highest BCUT2D eigenvalue weighted by atomic mass is 32.2. The van der Waals surface area contributed by atoms with Crippen molar-refractivity contribution in [2.45, 2.75) is 50.2 Å². The zero-order valence-electron chi connectivity index (χ0n) is 11.1. The van der Waals surface area contributed by atoms with Crippen molar-refractivity contribution in [2.24, 2.45) is 0 Å². The first-order valence-electron chi connectivity index (χ1n) is 6.81. The summed E-state index contributed by atoms with van der Waals surface area (Å²) < 4.78 is 25.7. The fraction of sp³-hybridized carbons (Fsp3) is 1.00. The summed E-state index contributed by atoms with van der Waals surface area (Å²) in [5, 5.41) is 13.5. The molecule has 6 heteroatoms. The molecule has 0 bridgehead atoms. The standard InChI is InChI=1S/C12H24N2O3S/c1-14(10-12(15)6-2-3-7-12)18(16,17)9-11-5-4-8-13-11/h11,13,15H,2-10H2,1H3. The molecular formula is C12H24N2O3S. The van der Waals surface area contributed by atoms with Crippen molar-refractivity contribution in [1.29, 1.82) is 0 Å². The zero-order valence-corrected chi connectivity index (χ0v) is 11.9. The maximum atomic E-state index is 12.2. The molecule has 1 aliphatic heterocycles. The van der Waals surface area contributed by atoms with E-state index in [0.717, 1.165) is 32.2 Å².